The molecule has 0 atom stereocenters. The minimum absolute atomic E-state index is 0.0565. The summed E-state index contributed by atoms with van der Waals surface area (Å²) >= 11 is 0. The van der Waals surface area contributed by atoms with Gasteiger partial charge in [0, 0.05) is 5.69 Å². The summed E-state index contributed by atoms with van der Waals surface area (Å²) in [5, 5.41) is 11.1. The molecule has 2 aromatic carbocycles. The quantitative estimate of drug-likeness (QED) is 0.539. The Morgan fingerprint density at radius 1 is 1.10 bits per heavy atom. The fourth-order valence-corrected chi connectivity index (χ4v) is 3.28. The second kappa shape index (κ2) is 7.90. The van der Waals surface area contributed by atoms with E-state index in [1.807, 2.05) is 45.0 Å². The molecule has 1 N–H and O–H groups in total. The highest BCUT2D eigenvalue weighted by Gasteiger charge is 2.21. The highest BCUT2D eigenvalue weighted by molar-refractivity contribution is 6.05. The highest BCUT2D eigenvalue weighted by Crippen LogP contribution is 2.25. The molecule has 0 bridgehead atoms. The maximum Gasteiger partial charge on any atom is 0.259 e. The second-order valence-corrected chi connectivity index (χ2v) is 7.31. The van der Waals surface area contributed by atoms with Crippen molar-refractivity contribution in [1.29, 1.82) is 0 Å². The average molecular weight is 404 g/mol. The first-order chi connectivity index (χ1) is 14.4. The Morgan fingerprint density at radius 2 is 1.87 bits per heavy atom. The molecule has 2 aromatic heterocycles. The van der Waals surface area contributed by atoms with Crippen molar-refractivity contribution in [2.45, 2.75) is 26.7 Å². The predicted octanol–water partition coefficient (Wildman–Crippen LogP) is 4.28. The van der Waals surface area contributed by atoms with Crippen LogP contribution in [-0.2, 0) is 0 Å². The zero-order valence-electron chi connectivity index (χ0n) is 16.9. The molecule has 0 unspecified atom stereocenters. The van der Waals surface area contributed by atoms with Crippen molar-refractivity contribution in [2.24, 2.45) is 0 Å². The molecule has 4 rings (SSSR count). The summed E-state index contributed by atoms with van der Waals surface area (Å²) in [4.78, 5) is 16.8. The number of aryl methyl sites for hydroxylation is 1. The number of halogens is 1. The van der Waals surface area contributed by atoms with Crippen molar-refractivity contribution in [3.63, 3.8) is 0 Å². The fourth-order valence-electron chi connectivity index (χ4n) is 3.28. The summed E-state index contributed by atoms with van der Waals surface area (Å²) in [6.07, 6.45) is 4.28. The van der Waals surface area contributed by atoms with E-state index in [1.54, 1.807) is 23.0 Å². The Labute approximate surface area is 173 Å². The lowest BCUT2D eigenvalue weighted by molar-refractivity contribution is 0.102. The van der Waals surface area contributed by atoms with Crippen molar-refractivity contribution in [1.82, 2.24) is 24.5 Å². The van der Waals surface area contributed by atoms with E-state index in [0.29, 0.717) is 11.3 Å². The number of nitrogens with zero attached hydrogens (tertiary/aromatic N) is 5. The molecule has 4 aromatic rings. The number of anilines is 1. The fraction of sp³-hybridized carbons (Fsp3) is 0.182. The summed E-state index contributed by atoms with van der Waals surface area (Å²) in [6.45, 7) is 6.03. The molecule has 0 saturated carbocycles. The van der Waals surface area contributed by atoms with E-state index in [-0.39, 0.29) is 17.5 Å². The van der Waals surface area contributed by atoms with E-state index >= 15 is 0 Å². The molecule has 8 heteroatoms. The number of amides is 1. The zero-order chi connectivity index (χ0) is 21.3. The SMILES string of the molecule is Cc1ccc(-n2ncc(C(=O)Nc3ccc(-n4cncn4)c(F)c3)c2C(C)C)cc1. The maximum atomic E-state index is 14.5. The van der Waals surface area contributed by atoms with Crippen LogP contribution in [0.5, 0.6) is 0 Å². The van der Waals surface area contributed by atoms with Gasteiger partial charge in [-0.3, -0.25) is 4.79 Å². The average Bonchev–Trinajstić information content (AvgIpc) is 3.39. The maximum absolute atomic E-state index is 14.5. The molecule has 1 amide bonds. The smallest absolute Gasteiger partial charge is 0.259 e. The van der Waals surface area contributed by atoms with Crippen LogP contribution in [0.4, 0.5) is 10.1 Å². The van der Waals surface area contributed by atoms with Gasteiger partial charge in [-0.15, -0.1) is 0 Å². The Morgan fingerprint density at radius 3 is 2.50 bits per heavy atom. The first kappa shape index (κ1) is 19.5. The summed E-state index contributed by atoms with van der Waals surface area (Å²) in [7, 11) is 0. The first-order valence-electron chi connectivity index (χ1n) is 9.55. The van der Waals surface area contributed by atoms with E-state index in [4.69, 9.17) is 0 Å². The zero-order valence-corrected chi connectivity index (χ0v) is 16.9. The number of aromatic nitrogens is 5. The van der Waals surface area contributed by atoms with Gasteiger partial charge in [0.15, 0.2) is 5.82 Å². The van der Waals surface area contributed by atoms with Gasteiger partial charge in [0.2, 0.25) is 0 Å². The van der Waals surface area contributed by atoms with Crippen LogP contribution in [0, 0.1) is 12.7 Å². The monoisotopic (exact) mass is 404 g/mol. The molecular weight excluding hydrogens is 383 g/mol. The molecule has 0 aliphatic rings. The highest BCUT2D eigenvalue weighted by atomic mass is 19.1. The van der Waals surface area contributed by atoms with Crippen LogP contribution in [0.2, 0.25) is 0 Å². The van der Waals surface area contributed by atoms with Crippen LogP contribution in [0.3, 0.4) is 0 Å². The molecule has 0 radical (unpaired) electrons. The summed E-state index contributed by atoms with van der Waals surface area (Å²) < 4.78 is 17.6. The number of hydrogen-bond acceptors (Lipinski definition) is 4. The Hall–Kier alpha value is -3.81. The van der Waals surface area contributed by atoms with E-state index in [2.05, 4.69) is 20.5 Å². The molecule has 0 saturated heterocycles. The Bertz CT molecular complexity index is 1180. The number of carbonyl (C=O) groups excluding carboxylic acids is 1. The van der Waals surface area contributed by atoms with Gasteiger partial charge in [0.05, 0.1) is 23.1 Å². The van der Waals surface area contributed by atoms with Gasteiger partial charge < -0.3 is 5.32 Å². The van der Waals surface area contributed by atoms with Crippen LogP contribution in [-0.4, -0.2) is 30.5 Å². The van der Waals surface area contributed by atoms with Crippen molar-refractivity contribution < 1.29 is 9.18 Å². The normalized spacial score (nSPS) is 11.1. The summed E-state index contributed by atoms with van der Waals surface area (Å²) in [6, 6.07) is 12.4. The molecule has 0 fully saturated rings. The summed E-state index contributed by atoms with van der Waals surface area (Å²) in [5.74, 6) is -0.802. The van der Waals surface area contributed by atoms with E-state index in [1.165, 1.54) is 23.4 Å². The minimum Gasteiger partial charge on any atom is -0.322 e. The van der Waals surface area contributed by atoms with Gasteiger partial charge >= 0.3 is 0 Å². The molecule has 30 heavy (non-hydrogen) atoms. The van der Waals surface area contributed by atoms with Crippen LogP contribution in [0.25, 0.3) is 11.4 Å². The third-order valence-corrected chi connectivity index (χ3v) is 4.75. The number of rotatable bonds is 5. The molecule has 0 aliphatic heterocycles. The van der Waals surface area contributed by atoms with Gasteiger partial charge in [-0.05, 0) is 43.2 Å². The number of benzene rings is 2. The van der Waals surface area contributed by atoms with Crippen molar-refractivity contribution >= 4 is 11.6 Å². The first-order valence-corrected chi connectivity index (χ1v) is 9.55. The number of carbonyl (C=O) groups is 1. The van der Waals surface area contributed by atoms with Gasteiger partial charge in [0.1, 0.15) is 18.3 Å². The molecule has 0 spiro atoms. The van der Waals surface area contributed by atoms with Crippen LogP contribution in [0.15, 0.2) is 61.3 Å². The molecular formula is C22H21FN6O. The molecule has 7 nitrogen and oxygen atoms in total. The second-order valence-electron chi connectivity index (χ2n) is 7.31. The predicted molar refractivity (Wildman–Crippen MR) is 112 cm³/mol. The van der Waals surface area contributed by atoms with E-state index in [0.717, 1.165) is 16.9 Å². The molecule has 0 aliphatic carbocycles. The Balaban J connectivity index is 1.62. The van der Waals surface area contributed by atoms with Gasteiger partial charge in [0.25, 0.3) is 5.91 Å². The van der Waals surface area contributed by atoms with Crippen LogP contribution >= 0.6 is 0 Å². The van der Waals surface area contributed by atoms with E-state index < -0.39 is 5.82 Å². The largest absolute Gasteiger partial charge is 0.322 e. The molecule has 152 valence electrons. The van der Waals surface area contributed by atoms with Crippen LogP contribution in [0.1, 0.15) is 41.4 Å². The standard InChI is InChI=1S/C22H21FN6O/c1-14(2)21-18(11-25-29(21)17-7-4-15(3)5-8-17)22(30)27-16-6-9-20(19(23)10-16)28-13-24-12-26-28/h4-14H,1-3H3,(H,27,30). The van der Waals surface area contributed by atoms with Gasteiger partial charge in [-0.2, -0.15) is 10.2 Å². The lowest BCUT2D eigenvalue weighted by atomic mass is 10.0. The topological polar surface area (TPSA) is 77.6 Å². The third kappa shape index (κ3) is 3.71. The van der Waals surface area contributed by atoms with Crippen LogP contribution < -0.4 is 5.32 Å². The lowest BCUT2D eigenvalue weighted by Crippen LogP contribution is -2.15. The number of nitrogens with one attached hydrogen (secondary N) is 1. The third-order valence-electron chi connectivity index (χ3n) is 4.75. The van der Waals surface area contributed by atoms with Crippen molar-refractivity contribution in [2.75, 3.05) is 5.32 Å². The molecule has 2 heterocycles. The summed E-state index contributed by atoms with van der Waals surface area (Å²) in [5.41, 5.74) is 3.86. The van der Waals surface area contributed by atoms with Gasteiger partial charge in [-0.25, -0.2) is 18.7 Å². The van der Waals surface area contributed by atoms with Gasteiger partial charge in [-0.1, -0.05) is 31.5 Å². The minimum atomic E-state index is -0.516. The van der Waals surface area contributed by atoms with E-state index in [9.17, 15) is 9.18 Å². The Kier molecular flexibility index (Phi) is 5.14. The number of hydrogen-bond donors (Lipinski definition) is 1. The van der Waals surface area contributed by atoms with Crippen molar-refractivity contribution in [3.05, 3.63) is 84.0 Å². The lowest BCUT2D eigenvalue weighted by Gasteiger charge is -2.13. The van der Waals surface area contributed by atoms with Crippen molar-refractivity contribution in [3.8, 4) is 11.4 Å².